The summed E-state index contributed by atoms with van der Waals surface area (Å²) in [4.78, 5) is 4.64. The highest BCUT2D eigenvalue weighted by Gasteiger charge is 2.41. The smallest absolute Gasteiger partial charge is 0.0943 e. The molecule has 0 spiro atoms. The van der Waals surface area contributed by atoms with Crippen molar-refractivity contribution in [2.45, 2.75) is 65.7 Å². The Labute approximate surface area is 127 Å². The number of thiazole rings is 1. The third-order valence-electron chi connectivity index (χ3n) is 4.50. The molecule has 5 atom stereocenters. The summed E-state index contributed by atoms with van der Waals surface area (Å²) in [6, 6.07) is 0.468. The second-order valence-corrected chi connectivity index (χ2v) is 7.07. The molecule has 4 heteroatoms. The van der Waals surface area contributed by atoms with Crippen LogP contribution in [-0.4, -0.2) is 29.8 Å². The molecule has 0 aliphatic carbocycles. The monoisotopic (exact) mass is 296 g/mol. The molecule has 1 aromatic heterocycles. The summed E-state index contributed by atoms with van der Waals surface area (Å²) in [7, 11) is 0. The van der Waals surface area contributed by atoms with Crippen molar-refractivity contribution in [3.8, 4) is 0 Å². The Morgan fingerprint density at radius 3 is 2.60 bits per heavy atom. The van der Waals surface area contributed by atoms with Gasteiger partial charge in [-0.05, 0) is 39.7 Å². The maximum absolute atomic E-state index is 6.03. The van der Waals surface area contributed by atoms with Crippen LogP contribution < -0.4 is 5.32 Å². The molecule has 1 aromatic rings. The van der Waals surface area contributed by atoms with Crippen LogP contribution in [0.2, 0.25) is 0 Å². The molecule has 1 N–H and O–H groups in total. The summed E-state index contributed by atoms with van der Waals surface area (Å²) in [6.07, 6.45) is 2.88. The van der Waals surface area contributed by atoms with E-state index < -0.39 is 0 Å². The zero-order valence-electron chi connectivity index (χ0n) is 13.3. The van der Waals surface area contributed by atoms with Gasteiger partial charge in [-0.15, -0.1) is 11.3 Å². The Balaban J connectivity index is 2.10. The molecule has 1 fully saturated rings. The fraction of sp³-hybridized carbons (Fsp3) is 0.812. The molecule has 114 valence electrons. The van der Waals surface area contributed by atoms with Crippen molar-refractivity contribution in [3.63, 3.8) is 0 Å². The molecule has 0 aromatic carbocycles. The van der Waals surface area contributed by atoms with E-state index in [-0.39, 0.29) is 0 Å². The van der Waals surface area contributed by atoms with E-state index in [4.69, 9.17) is 4.74 Å². The Bertz CT molecular complexity index is 420. The van der Waals surface area contributed by atoms with E-state index in [9.17, 15) is 0 Å². The maximum atomic E-state index is 6.03. The summed E-state index contributed by atoms with van der Waals surface area (Å²) < 4.78 is 6.03. The summed E-state index contributed by atoms with van der Waals surface area (Å²) in [6.45, 7) is 12.1. The highest BCUT2D eigenvalue weighted by Crippen LogP contribution is 2.35. The molecule has 0 saturated carbocycles. The number of nitrogens with zero attached hydrogens (tertiary/aromatic N) is 1. The van der Waals surface area contributed by atoms with E-state index in [1.54, 1.807) is 11.3 Å². The van der Waals surface area contributed by atoms with E-state index in [1.807, 2.05) is 0 Å². The van der Waals surface area contributed by atoms with Crippen molar-refractivity contribution < 1.29 is 4.74 Å². The molecule has 0 bridgehead atoms. The molecule has 1 aliphatic rings. The second-order valence-electron chi connectivity index (χ2n) is 6.13. The maximum Gasteiger partial charge on any atom is 0.0943 e. The van der Waals surface area contributed by atoms with Crippen LogP contribution in [-0.2, 0) is 11.2 Å². The Morgan fingerprint density at radius 2 is 2.10 bits per heavy atom. The summed E-state index contributed by atoms with van der Waals surface area (Å²) >= 11 is 1.78. The van der Waals surface area contributed by atoms with Gasteiger partial charge < -0.3 is 10.1 Å². The zero-order valence-corrected chi connectivity index (χ0v) is 14.2. The van der Waals surface area contributed by atoms with Gasteiger partial charge in [-0.25, -0.2) is 4.98 Å². The lowest BCUT2D eigenvalue weighted by Gasteiger charge is -2.29. The normalized spacial score (nSPS) is 31.6. The fourth-order valence-electron chi connectivity index (χ4n) is 3.35. The fourth-order valence-corrected chi connectivity index (χ4v) is 4.18. The highest BCUT2D eigenvalue weighted by molar-refractivity contribution is 7.09. The largest absolute Gasteiger partial charge is 0.375 e. The number of hydrogen-bond acceptors (Lipinski definition) is 4. The first-order chi connectivity index (χ1) is 9.52. The number of ether oxygens (including phenoxy) is 1. The quantitative estimate of drug-likeness (QED) is 0.873. The van der Waals surface area contributed by atoms with E-state index in [2.05, 4.69) is 50.3 Å². The minimum atomic E-state index is 0.329. The first kappa shape index (κ1) is 15.9. The minimum Gasteiger partial charge on any atom is -0.375 e. The SMILES string of the molecule is CCCNC(Cc1nc(C)cs1)C1C(C)OC(C)C1C. The van der Waals surface area contributed by atoms with Crippen LogP contribution in [0.15, 0.2) is 5.38 Å². The number of rotatable bonds is 6. The van der Waals surface area contributed by atoms with Crippen LogP contribution in [0.3, 0.4) is 0 Å². The van der Waals surface area contributed by atoms with E-state index in [0.717, 1.165) is 18.7 Å². The van der Waals surface area contributed by atoms with Gasteiger partial charge in [-0.1, -0.05) is 13.8 Å². The zero-order chi connectivity index (χ0) is 14.7. The average molecular weight is 296 g/mol. The van der Waals surface area contributed by atoms with Crippen molar-refractivity contribution in [2.24, 2.45) is 11.8 Å². The van der Waals surface area contributed by atoms with Crippen molar-refractivity contribution in [1.82, 2.24) is 10.3 Å². The van der Waals surface area contributed by atoms with Crippen LogP contribution in [0.1, 0.15) is 44.8 Å². The summed E-state index contributed by atoms with van der Waals surface area (Å²) in [5, 5.41) is 7.13. The van der Waals surface area contributed by atoms with Crippen LogP contribution in [0.25, 0.3) is 0 Å². The predicted octanol–water partition coefficient (Wildman–Crippen LogP) is 3.42. The van der Waals surface area contributed by atoms with Crippen molar-refractivity contribution >= 4 is 11.3 Å². The average Bonchev–Trinajstić information content (AvgIpc) is 2.90. The van der Waals surface area contributed by atoms with Crippen LogP contribution in [0.4, 0.5) is 0 Å². The predicted molar refractivity (Wildman–Crippen MR) is 85.3 cm³/mol. The third kappa shape index (κ3) is 3.60. The van der Waals surface area contributed by atoms with Crippen molar-refractivity contribution in [1.29, 1.82) is 0 Å². The second kappa shape index (κ2) is 7.01. The minimum absolute atomic E-state index is 0.329. The first-order valence-electron chi connectivity index (χ1n) is 7.82. The van der Waals surface area contributed by atoms with E-state index in [1.165, 1.54) is 11.4 Å². The third-order valence-corrected chi connectivity index (χ3v) is 5.49. The molecule has 1 saturated heterocycles. The number of nitrogens with one attached hydrogen (secondary N) is 1. The van der Waals surface area contributed by atoms with Gasteiger partial charge in [0.2, 0.25) is 0 Å². The molecule has 20 heavy (non-hydrogen) atoms. The molecule has 1 aliphatic heterocycles. The van der Waals surface area contributed by atoms with Gasteiger partial charge in [0.1, 0.15) is 0 Å². The molecule has 0 radical (unpaired) electrons. The molecule has 0 amide bonds. The molecular formula is C16H28N2OS. The molecular weight excluding hydrogens is 268 g/mol. The lowest BCUT2D eigenvalue weighted by molar-refractivity contribution is 0.0476. The number of hydrogen-bond donors (Lipinski definition) is 1. The Morgan fingerprint density at radius 1 is 1.35 bits per heavy atom. The van der Waals surface area contributed by atoms with Gasteiger partial charge in [0.15, 0.2) is 0 Å². The number of aromatic nitrogens is 1. The highest BCUT2D eigenvalue weighted by atomic mass is 32.1. The first-order valence-corrected chi connectivity index (χ1v) is 8.70. The molecule has 2 heterocycles. The lowest BCUT2D eigenvalue weighted by atomic mass is 9.82. The van der Waals surface area contributed by atoms with Gasteiger partial charge in [0.05, 0.1) is 17.2 Å². The van der Waals surface area contributed by atoms with Crippen molar-refractivity contribution in [3.05, 3.63) is 16.1 Å². The van der Waals surface area contributed by atoms with Crippen LogP contribution >= 0.6 is 11.3 Å². The van der Waals surface area contributed by atoms with Gasteiger partial charge in [0.25, 0.3) is 0 Å². The van der Waals surface area contributed by atoms with Crippen LogP contribution in [0.5, 0.6) is 0 Å². The van der Waals surface area contributed by atoms with E-state index in [0.29, 0.717) is 30.1 Å². The van der Waals surface area contributed by atoms with Gasteiger partial charge >= 0.3 is 0 Å². The standard InChI is InChI=1S/C16H28N2OS/c1-6-7-17-14(8-15-18-10(2)9-20-15)16-11(3)12(4)19-13(16)5/h9,11-14,16-17H,6-8H2,1-5H3. The van der Waals surface area contributed by atoms with Gasteiger partial charge in [0, 0.05) is 29.5 Å². The van der Waals surface area contributed by atoms with Crippen molar-refractivity contribution in [2.75, 3.05) is 6.54 Å². The molecule has 2 rings (SSSR count). The topological polar surface area (TPSA) is 34.2 Å². The Hall–Kier alpha value is -0.450. The van der Waals surface area contributed by atoms with Gasteiger partial charge in [-0.2, -0.15) is 0 Å². The summed E-state index contributed by atoms with van der Waals surface area (Å²) in [5.74, 6) is 1.17. The lowest BCUT2D eigenvalue weighted by Crippen LogP contribution is -2.43. The molecule has 3 nitrogen and oxygen atoms in total. The van der Waals surface area contributed by atoms with E-state index >= 15 is 0 Å². The number of aryl methyl sites for hydroxylation is 1. The molecule has 5 unspecified atom stereocenters. The Kier molecular flexibility index (Phi) is 5.58. The van der Waals surface area contributed by atoms with Gasteiger partial charge in [-0.3, -0.25) is 0 Å². The van der Waals surface area contributed by atoms with Crippen LogP contribution in [0, 0.1) is 18.8 Å². The summed E-state index contributed by atoms with van der Waals surface area (Å²) in [5.41, 5.74) is 1.14.